The standard InChI is InChI=1S/C21H30FN5OS/c1-4-23-21(25-14-20-15(2)26-16(3)29-20)24-13-19(27-8-10-28-11-9-27)17-6-5-7-18(22)12-17/h5-7,12,19H,4,8-11,13-14H2,1-3H3,(H2,23,24,25). The Morgan fingerprint density at radius 1 is 1.31 bits per heavy atom. The van der Waals surface area contributed by atoms with Crippen LogP contribution in [0.1, 0.15) is 34.1 Å². The Kier molecular flexibility index (Phi) is 7.97. The molecule has 6 nitrogen and oxygen atoms in total. The summed E-state index contributed by atoms with van der Waals surface area (Å²) in [6, 6.07) is 6.91. The summed E-state index contributed by atoms with van der Waals surface area (Å²) < 4.78 is 19.4. The summed E-state index contributed by atoms with van der Waals surface area (Å²) in [5, 5.41) is 7.82. The van der Waals surface area contributed by atoms with Crippen molar-refractivity contribution in [3.63, 3.8) is 0 Å². The summed E-state index contributed by atoms with van der Waals surface area (Å²) in [6.45, 7) is 11.1. The Labute approximate surface area is 176 Å². The number of halogens is 1. The van der Waals surface area contributed by atoms with Crippen LogP contribution in [0.15, 0.2) is 29.3 Å². The minimum absolute atomic E-state index is 0.0471. The highest BCUT2D eigenvalue weighted by molar-refractivity contribution is 7.11. The predicted octanol–water partition coefficient (Wildman–Crippen LogP) is 3.03. The van der Waals surface area contributed by atoms with Gasteiger partial charge in [-0.25, -0.2) is 14.4 Å². The second-order valence-electron chi connectivity index (χ2n) is 7.04. The van der Waals surface area contributed by atoms with E-state index in [1.807, 2.05) is 26.8 Å². The van der Waals surface area contributed by atoms with E-state index in [0.717, 1.165) is 41.9 Å². The highest BCUT2D eigenvalue weighted by Gasteiger charge is 2.23. The Morgan fingerprint density at radius 3 is 2.76 bits per heavy atom. The van der Waals surface area contributed by atoms with Gasteiger partial charge in [-0.05, 0) is 38.5 Å². The van der Waals surface area contributed by atoms with E-state index in [2.05, 4.69) is 20.5 Å². The fraction of sp³-hybridized carbons (Fsp3) is 0.524. The van der Waals surface area contributed by atoms with Crippen molar-refractivity contribution >= 4 is 17.3 Å². The average molecular weight is 420 g/mol. The van der Waals surface area contributed by atoms with Gasteiger partial charge in [-0.1, -0.05) is 12.1 Å². The molecule has 2 aromatic rings. The lowest BCUT2D eigenvalue weighted by Crippen LogP contribution is -2.46. The molecule has 1 aromatic heterocycles. The van der Waals surface area contributed by atoms with Crippen LogP contribution < -0.4 is 10.6 Å². The van der Waals surface area contributed by atoms with Crippen LogP contribution in [0.4, 0.5) is 4.39 Å². The highest BCUT2D eigenvalue weighted by Crippen LogP contribution is 2.22. The monoisotopic (exact) mass is 419 g/mol. The number of aliphatic imine (C=N–C) groups is 1. The molecule has 1 saturated heterocycles. The van der Waals surface area contributed by atoms with Crippen molar-refractivity contribution in [1.82, 2.24) is 20.5 Å². The van der Waals surface area contributed by atoms with Crippen molar-refractivity contribution in [2.24, 2.45) is 4.99 Å². The zero-order chi connectivity index (χ0) is 20.6. The molecule has 0 radical (unpaired) electrons. The molecule has 0 aliphatic carbocycles. The Morgan fingerprint density at radius 2 is 2.10 bits per heavy atom. The molecular formula is C21H30FN5OS. The molecule has 29 heavy (non-hydrogen) atoms. The molecular weight excluding hydrogens is 389 g/mol. The van der Waals surface area contributed by atoms with Gasteiger partial charge in [0.15, 0.2) is 5.96 Å². The van der Waals surface area contributed by atoms with Gasteiger partial charge in [0, 0.05) is 31.1 Å². The number of aromatic nitrogens is 1. The van der Waals surface area contributed by atoms with Crippen molar-refractivity contribution < 1.29 is 9.13 Å². The third-order valence-corrected chi connectivity index (χ3v) is 5.96. The largest absolute Gasteiger partial charge is 0.379 e. The lowest BCUT2D eigenvalue weighted by atomic mass is 10.0. The lowest BCUT2D eigenvalue weighted by Gasteiger charge is -2.35. The van der Waals surface area contributed by atoms with Gasteiger partial charge in [0.25, 0.3) is 0 Å². The van der Waals surface area contributed by atoms with E-state index >= 15 is 0 Å². The highest BCUT2D eigenvalue weighted by atomic mass is 32.1. The van der Waals surface area contributed by atoms with Crippen LogP contribution in [-0.4, -0.2) is 55.2 Å². The number of hydrogen-bond acceptors (Lipinski definition) is 5. The van der Waals surface area contributed by atoms with Crippen molar-refractivity contribution in [1.29, 1.82) is 0 Å². The van der Waals surface area contributed by atoms with Crippen molar-refractivity contribution in [3.8, 4) is 0 Å². The number of aryl methyl sites for hydroxylation is 2. The third-order valence-electron chi connectivity index (χ3n) is 4.91. The molecule has 1 fully saturated rings. The van der Waals surface area contributed by atoms with Crippen LogP contribution in [0.3, 0.4) is 0 Å². The second kappa shape index (κ2) is 10.7. The number of guanidine groups is 1. The van der Waals surface area contributed by atoms with Gasteiger partial charge >= 0.3 is 0 Å². The van der Waals surface area contributed by atoms with Crippen molar-refractivity contribution in [3.05, 3.63) is 51.2 Å². The summed E-state index contributed by atoms with van der Waals surface area (Å²) >= 11 is 1.68. The molecule has 0 saturated carbocycles. The Bertz CT molecular complexity index is 819. The number of hydrogen-bond donors (Lipinski definition) is 2. The van der Waals surface area contributed by atoms with E-state index in [-0.39, 0.29) is 11.9 Å². The van der Waals surface area contributed by atoms with Gasteiger partial charge in [-0.3, -0.25) is 4.90 Å². The maximum Gasteiger partial charge on any atom is 0.191 e. The van der Waals surface area contributed by atoms with Crippen LogP contribution >= 0.6 is 11.3 Å². The molecule has 0 spiro atoms. The number of benzene rings is 1. The van der Waals surface area contributed by atoms with Gasteiger partial charge in [-0.15, -0.1) is 11.3 Å². The number of thiazole rings is 1. The molecule has 1 aromatic carbocycles. The number of nitrogens with zero attached hydrogens (tertiary/aromatic N) is 3. The molecule has 1 atom stereocenters. The summed E-state index contributed by atoms with van der Waals surface area (Å²) in [5.74, 6) is 0.546. The first-order chi connectivity index (χ1) is 14.1. The fourth-order valence-electron chi connectivity index (χ4n) is 3.47. The smallest absolute Gasteiger partial charge is 0.191 e. The average Bonchev–Trinajstić information content (AvgIpc) is 3.04. The Balaban J connectivity index is 1.72. The quantitative estimate of drug-likeness (QED) is 0.534. The van der Waals surface area contributed by atoms with E-state index in [1.165, 1.54) is 10.9 Å². The normalized spacial score (nSPS) is 16.6. The molecule has 8 heteroatoms. The summed E-state index contributed by atoms with van der Waals surface area (Å²) in [6.07, 6.45) is 0. The number of rotatable bonds is 7. The minimum Gasteiger partial charge on any atom is -0.379 e. The van der Waals surface area contributed by atoms with Crippen LogP contribution in [-0.2, 0) is 11.3 Å². The van der Waals surface area contributed by atoms with Gasteiger partial charge < -0.3 is 15.4 Å². The zero-order valence-electron chi connectivity index (χ0n) is 17.4. The number of morpholine rings is 1. The molecule has 3 rings (SSSR count). The summed E-state index contributed by atoms with van der Waals surface area (Å²) in [4.78, 5) is 12.7. The first kappa shape index (κ1) is 21.7. The third kappa shape index (κ3) is 6.22. The maximum atomic E-state index is 13.9. The van der Waals surface area contributed by atoms with Crippen LogP contribution in [0.25, 0.3) is 0 Å². The molecule has 158 valence electrons. The van der Waals surface area contributed by atoms with E-state index in [1.54, 1.807) is 23.5 Å². The molecule has 1 aliphatic heterocycles. The maximum absolute atomic E-state index is 13.9. The molecule has 1 unspecified atom stereocenters. The van der Waals surface area contributed by atoms with E-state index < -0.39 is 0 Å². The first-order valence-electron chi connectivity index (χ1n) is 10.1. The molecule has 0 bridgehead atoms. The predicted molar refractivity (Wildman–Crippen MR) is 116 cm³/mol. The fourth-order valence-corrected chi connectivity index (χ4v) is 4.33. The lowest BCUT2D eigenvalue weighted by molar-refractivity contribution is 0.0169. The SMILES string of the molecule is CCNC(=NCc1sc(C)nc1C)NCC(c1cccc(F)c1)N1CCOCC1. The molecule has 2 heterocycles. The topological polar surface area (TPSA) is 61.8 Å². The van der Waals surface area contributed by atoms with Crippen LogP contribution in [0.2, 0.25) is 0 Å². The summed E-state index contributed by atoms with van der Waals surface area (Å²) in [7, 11) is 0. The second-order valence-corrected chi connectivity index (χ2v) is 8.32. The first-order valence-corrected chi connectivity index (χ1v) is 10.9. The van der Waals surface area contributed by atoms with Crippen LogP contribution in [0, 0.1) is 19.7 Å². The van der Waals surface area contributed by atoms with E-state index in [0.29, 0.717) is 26.3 Å². The van der Waals surface area contributed by atoms with Gasteiger partial charge in [0.05, 0.1) is 36.5 Å². The Hall–Kier alpha value is -2.03. The summed E-state index contributed by atoms with van der Waals surface area (Å²) in [5.41, 5.74) is 2.00. The van der Waals surface area contributed by atoms with Gasteiger partial charge in [-0.2, -0.15) is 0 Å². The van der Waals surface area contributed by atoms with Gasteiger partial charge in [0.2, 0.25) is 0 Å². The van der Waals surface area contributed by atoms with Crippen molar-refractivity contribution in [2.75, 3.05) is 39.4 Å². The number of ether oxygens (including phenoxy) is 1. The van der Waals surface area contributed by atoms with E-state index in [4.69, 9.17) is 9.73 Å². The number of nitrogens with one attached hydrogen (secondary N) is 2. The molecule has 0 amide bonds. The van der Waals surface area contributed by atoms with Crippen LogP contribution in [0.5, 0.6) is 0 Å². The van der Waals surface area contributed by atoms with Gasteiger partial charge in [0.1, 0.15) is 5.82 Å². The zero-order valence-corrected chi connectivity index (χ0v) is 18.2. The van der Waals surface area contributed by atoms with E-state index in [9.17, 15) is 4.39 Å². The molecule has 1 aliphatic rings. The van der Waals surface area contributed by atoms with Crippen molar-refractivity contribution in [2.45, 2.75) is 33.4 Å². The minimum atomic E-state index is -0.211. The molecule has 2 N–H and O–H groups in total.